The van der Waals surface area contributed by atoms with Crippen molar-refractivity contribution in [2.45, 2.75) is 18.7 Å². The van der Waals surface area contributed by atoms with Crippen molar-refractivity contribution in [3.8, 4) is 0 Å². The number of pyridine rings is 1. The predicted octanol–water partition coefficient (Wildman–Crippen LogP) is 2.24. The highest BCUT2D eigenvalue weighted by Crippen LogP contribution is 2.20. The number of benzene rings is 1. The Hall–Kier alpha value is -2.16. The number of aryl methyl sites for hydroxylation is 2. The molecule has 27 heavy (non-hydrogen) atoms. The molecule has 1 saturated heterocycles. The molecule has 0 atom stereocenters. The summed E-state index contributed by atoms with van der Waals surface area (Å²) in [5, 5.41) is 3.31. The summed E-state index contributed by atoms with van der Waals surface area (Å²) in [4.78, 5) is 6.84. The normalized spacial score (nSPS) is 15.5. The molecule has 1 aliphatic heterocycles. The van der Waals surface area contributed by atoms with Gasteiger partial charge >= 0.3 is 0 Å². The minimum atomic E-state index is -3.66. The molecule has 0 saturated carbocycles. The molecule has 1 aromatic carbocycles. The molecule has 0 amide bonds. The first-order valence-electron chi connectivity index (χ1n) is 9.04. The van der Waals surface area contributed by atoms with E-state index in [1.165, 1.54) is 0 Å². The van der Waals surface area contributed by atoms with Crippen LogP contribution in [-0.2, 0) is 14.8 Å². The van der Waals surface area contributed by atoms with Gasteiger partial charge in [0.1, 0.15) is 5.82 Å². The molecule has 146 valence electrons. The third-order valence-corrected chi connectivity index (χ3v) is 5.99. The number of aromatic nitrogens is 1. The van der Waals surface area contributed by atoms with Crippen LogP contribution in [0.25, 0.3) is 0 Å². The number of ether oxygens (including phenoxy) is 1. The number of sulfonamides is 1. The zero-order valence-electron chi connectivity index (χ0n) is 15.7. The molecular weight excluding hydrogens is 364 g/mol. The molecule has 0 aliphatic carbocycles. The molecule has 0 unspecified atom stereocenters. The molecule has 3 rings (SSSR count). The lowest BCUT2D eigenvalue weighted by molar-refractivity contribution is 0.0398. The Labute approximate surface area is 160 Å². The maximum absolute atomic E-state index is 12.6. The smallest absolute Gasteiger partial charge is 0.263 e. The van der Waals surface area contributed by atoms with Crippen LogP contribution in [0.2, 0.25) is 0 Å². The van der Waals surface area contributed by atoms with Gasteiger partial charge in [0.05, 0.1) is 30.0 Å². The Morgan fingerprint density at radius 2 is 1.93 bits per heavy atom. The van der Waals surface area contributed by atoms with Gasteiger partial charge in [-0.15, -0.1) is 0 Å². The molecule has 2 heterocycles. The third-order valence-electron chi connectivity index (χ3n) is 4.50. The summed E-state index contributed by atoms with van der Waals surface area (Å²) < 4.78 is 33.1. The van der Waals surface area contributed by atoms with Gasteiger partial charge in [0, 0.05) is 26.2 Å². The first kappa shape index (κ1) is 19.6. The Morgan fingerprint density at radius 1 is 1.15 bits per heavy atom. The van der Waals surface area contributed by atoms with E-state index >= 15 is 0 Å². The van der Waals surface area contributed by atoms with Crippen molar-refractivity contribution < 1.29 is 13.2 Å². The summed E-state index contributed by atoms with van der Waals surface area (Å²) in [5.74, 6) is 0.301. The van der Waals surface area contributed by atoms with Crippen LogP contribution < -0.4 is 10.0 Å². The second-order valence-electron chi connectivity index (χ2n) is 6.69. The SMILES string of the molecule is Cc1ccc(C)c(S(=O)(=O)Nc2ccc(NCCN3CCOCC3)cn2)c1. The van der Waals surface area contributed by atoms with Crippen LogP contribution in [0.4, 0.5) is 11.5 Å². The molecule has 1 fully saturated rings. The van der Waals surface area contributed by atoms with Crippen LogP contribution in [0.15, 0.2) is 41.4 Å². The summed E-state index contributed by atoms with van der Waals surface area (Å²) in [7, 11) is -3.66. The number of morpholine rings is 1. The molecule has 7 nitrogen and oxygen atoms in total. The Morgan fingerprint density at radius 3 is 2.63 bits per heavy atom. The second-order valence-corrected chi connectivity index (χ2v) is 8.34. The van der Waals surface area contributed by atoms with Gasteiger partial charge in [0.25, 0.3) is 10.0 Å². The largest absolute Gasteiger partial charge is 0.383 e. The molecule has 8 heteroatoms. The first-order valence-corrected chi connectivity index (χ1v) is 10.5. The maximum Gasteiger partial charge on any atom is 0.263 e. The lowest BCUT2D eigenvalue weighted by atomic mass is 10.2. The lowest BCUT2D eigenvalue weighted by Crippen LogP contribution is -2.39. The lowest BCUT2D eigenvalue weighted by Gasteiger charge is -2.26. The van der Waals surface area contributed by atoms with Crippen molar-refractivity contribution in [3.63, 3.8) is 0 Å². The van der Waals surface area contributed by atoms with E-state index in [-0.39, 0.29) is 4.90 Å². The van der Waals surface area contributed by atoms with Crippen LogP contribution in [0.1, 0.15) is 11.1 Å². The van der Waals surface area contributed by atoms with Crippen molar-refractivity contribution in [2.75, 3.05) is 49.4 Å². The van der Waals surface area contributed by atoms with Crippen LogP contribution in [-0.4, -0.2) is 57.7 Å². The van der Waals surface area contributed by atoms with E-state index in [0.717, 1.165) is 50.6 Å². The number of nitrogens with one attached hydrogen (secondary N) is 2. The zero-order chi connectivity index (χ0) is 19.3. The van der Waals surface area contributed by atoms with Crippen LogP contribution in [0, 0.1) is 13.8 Å². The van der Waals surface area contributed by atoms with E-state index in [1.807, 2.05) is 19.1 Å². The zero-order valence-corrected chi connectivity index (χ0v) is 16.6. The maximum atomic E-state index is 12.6. The van der Waals surface area contributed by atoms with Gasteiger partial charge in [0.15, 0.2) is 0 Å². The molecule has 0 radical (unpaired) electrons. The minimum absolute atomic E-state index is 0.275. The highest BCUT2D eigenvalue weighted by Gasteiger charge is 2.17. The molecule has 2 aromatic rings. The van der Waals surface area contributed by atoms with Gasteiger partial charge in [-0.2, -0.15) is 0 Å². The molecule has 0 spiro atoms. The average Bonchev–Trinajstić information content (AvgIpc) is 2.66. The summed E-state index contributed by atoms with van der Waals surface area (Å²) in [5.41, 5.74) is 2.46. The average molecular weight is 391 g/mol. The molecule has 0 bridgehead atoms. The van der Waals surface area contributed by atoms with E-state index in [2.05, 4.69) is 19.9 Å². The third kappa shape index (κ3) is 5.41. The fraction of sp³-hybridized carbons (Fsp3) is 0.421. The van der Waals surface area contributed by atoms with Crippen molar-refractivity contribution in [2.24, 2.45) is 0 Å². The Bertz CT molecular complexity index is 863. The van der Waals surface area contributed by atoms with Gasteiger partial charge in [-0.25, -0.2) is 13.4 Å². The highest BCUT2D eigenvalue weighted by molar-refractivity contribution is 7.92. The first-order chi connectivity index (χ1) is 12.9. The van der Waals surface area contributed by atoms with Crippen LogP contribution in [0.5, 0.6) is 0 Å². The van der Waals surface area contributed by atoms with E-state index in [9.17, 15) is 8.42 Å². The number of hydrogen-bond acceptors (Lipinski definition) is 6. The van der Waals surface area contributed by atoms with Crippen LogP contribution >= 0.6 is 0 Å². The fourth-order valence-electron chi connectivity index (χ4n) is 2.93. The quantitative estimate of drug-likeness (QED) is 0.754. The van der Waals surface area contributed by atoms with E-state index in [1.54, 1.807) is 31.3 Å². The Balaban J connectivity index is 1.57. The van der Waals surface area contributed by atoms with Gasteiger partial charge in [-0.05, 0) is 43.2 Å². The fourth-order valence-corrected chi connectivity index (χ4v) is 4.27. The van der Waals surface area contributed by atoms with Gasteiger partial charge in [-0.1, -0.05) is 12.1 Å². The molecule has 2 N–H and O–H groups in total. The topological polar surface area (TPSA) is 83.6 Å². The number of nitrogens with zero attached hydrogens (tertiary/aromatic N) is 2. The van der Waals surface area contributed by atoms with Gasteiger partial charge in [0.2, 0.25) is 0 Å². The Kier molecular flexibility index (Phi) is 6.30. The standard InChI is InChI=1S/C19H26N4O3S/c1-15-3-4-16(2)18(13-15)27(24,25)22-19-6-5-17(14-21-19)20-7-8-23-9-11-26-12-10-23/h3-6,13-14,20H,7-12H2,1-2H3,(H,21,22). The molecule has 1 aliphatic rings. The summed E-state index contributed by atoms with van der Waals surface area (Å²) in [6, 6.07) is 8.86. The summed E-state index contributed by atoms with van der Waals surface area (Å²) in [6.45, 7) is 8.88. The molecule has 1 aromatic heterocycles. The van der Waals surface area contributed by atoms with E-state index < -0.39 is 10.0 Å². The van der Waals surface area contributed by atoms with E-state index in [0.29, 0.717) is 11.4 Å². The predicted molar refractivity (Wildman–Crippen MR) is 107 cm³/mol. The monoisotopic (exact) mass is 390 g/mol. The second kappa shape index (κ2) is 8.69. The van der Waals surface area contributed by atoms with Crippen LogP contribution in [0.3, 0.4) is 0 Å². The van der Waals surface area contributed by atoms with E-state index in [4.69, 9.17) is 4.74 Å². The van der Waals surface area contributed by atoms with Gasteiger partial charge < -0.3 is 10.1 Å². The summed E-state index contributed by atoms with van der Waals surface area (Å²) >= 11 is 0. The van der Waals surface area contributed by atoms with Crippen molar-refractivity contribution >= 4 is 21.5 Å². The minimum Gasteiger partial charge on any atom is -0.383 e. The number of rotatable bonds is 7. The number of anilines is 2. The van der Waals surface area contributed by atoms with Crippen molar-refractivity contribution in [1.29, 1.82) is 0 Å². The molecular formula is C19H26N4O3S. The highest BCUT2D eigenvalue weighted by atomic mass is 32.2. The van der Waals surface area contributed by atoms with Gasteiger partial charge in [-0.3, -0.25) is 9.62 Å². The number of hydrogen-bond donors (Lipinski definition) is 2. The summed E-state index contributed by atoms with van der Waals surface area (Å²) in [6.07, 6.45) is 1.64. The van der Waals surface area contributed by atoms with Crippen molar-refractivity contribution in [1.82, 2.24) is 9.88 Å². The van der Waals surface area contributed by atoms with Crippen molar-refractivity contribution in [3.05, 3.63) is 47.7 Å².